The molecule has 140 valence electrons. The van der Waals surface area contributed by atoms with E-state index in [2.05, 4.69) is 5.32 Å². The van der Waals surface area contributed by atoms with Crippen molar-refractivity contribution in [3.05, 3.63) is 52.6 Å². The van der Waals surface area contributed by atoms with Crippen LogP contribution >= 0.6 is 0 Å². The number of nitrogens with one attached hydrogen (secondary N) is 1. The average molecular weight is 371 g/mol. The molecule has 0 saturated heterocycles. The molecular formula is C18H17N3O6. The van der Waals surface area contributed by atoms with Crippen LogP contribution in [-0.4, -0.2) is 36.5 Å². The Morgan fingerprint density at radius 3 is 2.78 bits per heavy atom. The largest absolute Gasteiger partial charge is 0.495 e. The van der Waals surface area contributed by atoms with Crippen LogP contribution in [0.1, 0.15) is 6.92 Å². The molecule has 3 rings (SSSR count). The first kappa shape index (κ1) is 18.2. The van der Waals surface area contributed by atoms with Gasteiger partial charge in [0.2, 0.25) is 5.91 Å². The molecule has 9 heteroatoms. The number of para-hydroxylation sites is 2. The Bertz CT molecular complexity index is 914. The SMILES string of the molecule is COc1ccc([N+](=O)[O-])cc1NC(=O)CN1C(=O)[C@H](C)Oc2ccccc21. The van der Waals surface area contributed by atoms with E-state index < -0.39 is 16.9 Å². The van der Waals surface area contributed by atoms with E-state index in [-0.39, 0.29) is 29.6 Å². The van der Waals surface area contributed by atoms with Crippen molar-refractivity contribution in [2.45, 2.75) is 13.0 Å². The molecule has 2 amide bonds. The van der Waals surface area contributed by atoms with Gasteiger partial charge in [0.05, 0.1) is 23.4 Å². The first-order valence-electron chi connectivity index (χ1n) is 8.10. The zero-order chi connectivity index (χ0) is 19.6. The molecule has 1 atom stereocenters. The summed E-state index contributed by atoms with van der Waals surface area (Å²) in [7, 11) is 1.39. The first-order chi connectivity index (χ1) is 12.9. The molecule has 0 aromatic heterocycles. The van der Waals surface area contributed by atoms with Gasteiger partial charge in [-0.05, 0) is 25.1 Å². The number of carbonyl (C=O) groups excluding carboxylic acids is 2. The number of nitrogens with zero attached hydrogens (tertiary/aromatic N) is 2. The van der Waals surface area contributed by atoms with E-state index in [1.54, 1.807) is 31.2 Å². The van der Waals surface area contributed by atoms with Crippen LogP contribution in [-0.2, 0) is 9.59 Å². The molecule has 1 aliphatic heterocycles. The van der Waals surface area contributed by atoms with Gasteiger partial charge >= 0.3 is 0 Å². The summed E-state index contributed by atoms with van der Waals surface area (Å²) in [6.07, 6.45) is -0.722. The summed E-state index contributed by atoms with van der Waals surface area (Å²) < 4.78 is 10.7. The van der Waals surface area contributed by atoms with Crippen LogP contribution in [0.2, 0.25) is 0 Å². The molecule has 0 aliphatic carbocycles. The van der Waals surface area contributed by atoms with Crippen LogP contribution in [0.15, 0.2) is 42.5 Å². The lowest BCUT2D eigenvalue weighted by molar-refractivity contribution is -0.384. The van der Waals surface area contributed by atoms with Crippen molar-refractivity contribution in [2.24, 2.45) is 0 Å². The fraction of sp³-hybridized carbons (Fsp3) is 0.222. The molecule has 2 aromatic carbocycles. The monoisotopic (exact) mass is 371 g/mol. The van der Waals surface area contributed by atoms with Gasteiger partial charge in [0.15, 0.2) is 6.10 Å². The first-order valence-corrected chi connectivity index (χ1v) is 8.10. The molecule has 1 aliphatic rings. The fourth-order valence-electron chi connectivity index (χ4n) is 2.76. The van der Waals surface area contributed by atoms with Crippen molar-refractivity contribution in [2.75, 3.05) is 23.9 Å². The van der Waals surface area contributed by atoms with Crippen molar-refractivity contribution in [3.63, 3.8) is 0 Å². The standard InChI is InChI=1S/C18H17N3O6/c1-11-18(23)20(14-5-3-4-6-16(14)27-11)10-17(22)19-13-9-12(21(24)25)7-8-15(13)26-2/h3-9,11H,10H2,1-2H3,(H,19,22)/t11-/m0/s1. The molecule has 0 spiro atoms. The van der Waals surface area contributed by atoms with Crippen molar-refractivity contribution in [1.82, 2.24) is 0 Å². The number of amides is 2. The van der Waals surface area contributed by atoms with Crippen molar-refractivity contribution in [3.8, 4) is 11.5 Å². The Hall–Kier alpha value is -3.62. The maximum Gasteiger partial charge on any atom is 0.271 e. The summed E-state index contributed by atoms with van der Waals surface area (Å²) in [5.41, 5.74) is 0.452. The average Bonchev–Trinajstić information content (AvgIpc) is 2.65. The summed E-state index contributed by atoms with van der Waals surface area (Å²) in [4.78, 5) is 36.7. The predicted molar refractivity (Wildman–Crippen MR) is 97.2 cm³/mol. The molecule has 0 saturated carbocycles. The number of rotatable bonds is 5. The summed E-state index contributed by atoms with van der Waals surface area (Å²) in [6.45, 7) is 1.34. The lowest BCUT2D eigenvalue weighted by Gasteiger charge is -2.32. The van der Waals surface area contributed by atoms with Crippen molar-refractivity contribution >= 4 is 28.9 Å². The number of fused-ring (bicyclic) bond motifs is 1. The number of nitro groups is 1. The number of hydrogen-bond donors (Lipinski definition) is 1. The highest BCUT2D eigenvalue weighted by molar-refractivity contribution is 6.06. The molecule has 0 radical (unpaired) electrons. The van der Waals surface area contributed by atoms with E-state index in [9.17, 15) is 19.7 Å². The Morgan fingerprint density at radius 2 is 2.07 bits per heavy atom. The summed E-state index contributed by atoms with van der Waals surface area (Å²) in [5.74, 6) is -0.0951. The van der Waals surface area contributed by atoms with E-state index in [1.807, 2.05) is 0 Å². The Balaban J connectivity index is 1.83. The molecule has 27 heavy (non-hydrogen) atoms. The number of ether oxygens (including phenoxy) is 2. The number of anilines is 2. The third-order valence-electron chi connectivity index (χ3n) is 4.04. The predicted octanol–water partition coefficient (Wildman–Crippen LogP) is 2.36. The smallest absolute Gasteiger partial charge is 0.271 e. The van der Waals surface area contributed by atoms with E-state index in [0.717, 1.165) is 0 Å². The Kier molecular flexibility index (Phi) is 4.93. The number of nitro benzene ring substituents is 1. The molecule has 0 fully saturated rings. The zero-order valence-electron chi connectivity index (χ0n) is 14.7. The summed E-state index contributed by atoms with van der Waals surface area (Å²) >= 11 is 0. The number of benzene rings is 2. The van der Waals surface area contributed by atoms with Gasteiger partial charge in [0.25, 0.3) is 11.6 Å². The maximum absolute atomic E-state index is 12.5. The van der Waals surface area contributed by atoms with Crippen molar-refractivity contribution < 1.29 is 24.0 Å². The van der Waals surface area contributed by atoms with Gasteiger partial charge in [-0.3, -0.25) is 24.6 Å². The second-order valence-electron chi connectivity index (χ2n) is 5.84. The highest BCUT2D eigenvalue weighted by atomic mass is 16.6. The van der Waals surface area contributed by atoms with Crippen LogP contribution in [0.25, 0.3) is 0 Å². The van der Waals surface area contributed by atoms with Crippen LogP contribution in [0.3, 0.4) is 0 Å². The minimum atomic E-state index is -0.722. The quantitative estimate of drug-likeness (QED) is 0.638. The summed E-state index contributed by atoms with van der Waals surface area (Å²) in [6, 6.07) is 10.8. The second-order valence-corrected chi connectivity index (χ2v) is 5.84. The highest BCUT2D eigenvalue weighted by Crippen LogP contribution is 2.34. The van der Waals surface area contributed by atoms with Gasteiger partial charge in [0, 0.05) is 12.1 Å². The number of methoxy groups -OCH3 is 1. The summed E-state index contributed by atoms with van der Waals surface area (Å²) in [5, 5.41) is 13.5. The molecular weight excluding hydrogens is 354 g/mol. The minimum Gasteiger partial charge on any atom is -0.495 e. The highest BCUT2D eigenvalue weighted by Gasteiger charge is 2.32. The van der Waals surface area contributed by atoms with Crippen LogP contribution in [0, 0.1) is 10.1 Å². The van der Waals surface area contributed by atoms with Gasteiger partial charge in [-0.2, -0.15) is 0 Å². The molecule has 0 bridgehead atoms. The van der Waals surface area contributed by atoms with Gasteiger partial charge < -0.3 is 14.8 Å². The third kappa shape index (κ3) is 3.66. The molecule has 1 N–H and O–H groups in total. The van der Waals surface area contributed by atoms with Crippen molar-refractivity contribution in [1.29, 1.82) is 0 Å². The number of non-ortho nitro benzene ring substituents is 1. The Labute approximate surface area is 154 Å². The lowest BCUT2D eigenvalue weighted by atomic mass is 10.2. The number of carbonyl (C=O) groups is 2. The van der Waals surface area contributed by atoms with Crippen LogP contribution in [0.5, 0.6) is 11.5 Å². The van der Waals surface area contributed by atoms with E-state index >= 15 is 0 Å². The second kappa shape index (κ2) is 7.32. The molecule has 0 unspecified atom stereocenters. The van der Waals surface area contributed by atoms with E-state index in [1.165, 1.54) is 30.2 Å². The van der Waals surface area contributed by atoms with Gasteiger partial charge in [-0.25, -0.2) is 0 Å². The third-order valence-corrected chi connectivity index (χ3v) is 4.04. The normalized spacial score (nSPS) is 15.6. The molecule has 1 heterocycles. The van der Waals surface area contributed by atoms with Gasteiger partial charge in [-0.15, -0.1) is 0 Å². The number of hydrogen-bond acceptors (Lipinski definition) is 6. The van der Waals surface area contributed by atoms with Crippen LogP contribution in [0.4, 0.5) is 17.1 Å². The van der Waals surface area contributed by atoms with Gasteiger partial charge in [0.1, 0.15) is 18.0 Å². The van der Waals surface area contributed by atoms with E-state index in [4.69, 9.17) is 9.47 Å². The Morgan fingerprint density at radius 1 is 1.33 bits per heavy atom. The molecule has 2 aromatic rings. The molecule has 9 nitrogen and oxygen atoms in total. The maximum atomic E-state index is 12.5. The minimum absolute atomic E-state index is 0.152. The van der Waals surface area contributed by atoms with Gasteiger partial charge in [-0.1, -0.05) is 12.1 Å². The zero-order valence-corrected chi connectivity index (χ0v) is 14.7. The van der Waals surface area contributed by atoms with E-state index in [0.29, 0.717) is 11.4 Å². The van der Waals surface area contributed by atoms with Crippen LogP contribution < -0.4 is 19.7 Å². The topological polar surface area (TPSA) is 111 Å². The fourth-order valence-corrected chi connectivity index (χ4v) is 2.76. The lowest BCUT2D eigenvalue weighted by Crippen LogP contribution is -2.47.